The molecule has 0 aromatic carbocycles. The number of nitrogens with one attached hydrogen (secondary N) is 1. The molecule has 0 saturated carbocycles. The van der Waals surface area contributed by atoms with Crippen molar-refractivity contribution >= 4 is 0 Å². The average Bonchev–Trinajstić information content (AvgIpc) is 2.77. The molecular weight excluding hydrogens is 228 g/mol. The third-order valence-electron chi connectivity index (χ3n) is 2.60. The minimum atomic E-state index is 0.0208. The van der Waals surface area contributed by atoms with Gasteiger partial charge in [-0.25, -0.2) is 0 Å². The molecule has 0 aliphatic carbocycles. The van der Waals surface area contributed by atoms with Crippen LogP contribution in [0.2, 0.25) is 0 Å². The van der Waals surface area contributed by atoms with Gasteiger partial charge in [0, 0.05) is 30.6 Å². The van der Waals surface area contributed by atoms with Crippen molar-refractivity contribution in [2.75, 3.05) is 0 Å². The molecule has 0 bridgehead atoms. The summed E-state index contributed by atoms with van der Waals surface area (Å²) in [7, 11) is 0. The fraction of sp³-hybridized carbons (Fsp3) is 0.357. The van der Waals surface area contributed by atoms with Crippen LogP contribution in [0, 0.1) is 0 Å². The Balaban J connectivity index is 1.98. The van der Waals surface area contributed by atoms with Crippen LogP contribution in [0.4, 0.5) is 0 Å². The van der Waals surface area contributed by atoms with E-state index in [1.165, 1.54) is 0 Å². The third-order valence-corrected chi connectivity index (χ3v) is 2.60. The number of hydrogen-bond acceptors (Lipinski definition) is 3. The van der Waals surface area contributed by atoms with E-state index in [4.69, 9.17) is 4.42 Å². The lowest BCUT2D eigenvalue weighted by Crippen LogP contribution is -2.21. The average molecular weight is 246 g/mol. The fourth-order valence-electron chi connectivity index (χ4n) is 1.64. The maximum Gasteiger partial charge on any atom is 0.181 e. The number of rotatable bonds is 5. The van der Waals surface area contributed by atoms with E-state index in [0.29, 0.717) is 12.6 Å². The molecule has 0 aliphatic rings. The summed E-state index contributed by atoms with van der Waals surface area (Å²) in [5.41, 5.74) is 0.0208. The second-order valence-corrected chi connectivity index (χ2v) is 4.61. The van der Waals surface area contributed by atoms with Crippen LogP contribution in [0.3, 0.4) is 0 Å². The first-order valence-electron chi connectivity index (χ1n) is 6.10. The van der Waals surface area contributed by atoms with Gasteiger partial charge in [0.25, 0.3) is 0 Å². The maximum absolute atomic E-state index is 11.0. The van der Waals surface area contributed by atoms with Crippen molar-refractivity contribution in [2.45, 2.75) is 33.0 Å². The van der Waals surface area contributed by atoms with Gasteiger partial charge in [-0.1, -0.05) is 13.8 Å². The largest absolute Gasteiger partial charge is 0.463 e. The van der Waals surface area contributed by atoms with E-state index in [1.54, 1.807) is 24.5 Å². The molecule has 0 aliphatic heterocycles. The number of furan rings is 1. The number of nitrogens with zero attached hydrogens (tertiary/aromatic N) is 1. The van der Waals surface area contributed by atoms with Gasteiger partial charge in [-0.15, -0.1) is 0 Å². The Hall–Kier alpha value is -1.81. The lowest BCUT2D eigenvalue weighted by molar-refractivity contribution is 0.427. The van der Waals surface area contributed by atoms with Gasteiger partial charge in [0.2, 0.25) is 0 Å². The first-order valence-corrected chi connectivity index (χ1v) is 6.10. The molecule has 0 unspecified atom stereocenters. The third kappa shape index (κ3) is 3.60. The Morgan fingerprint density at radius 2 is 1.83 bits per heavy atom. The molecule has 0 radical (unpaired) electrons. The fourth-order valence-corrected chi connectivity index (χ4v) is 1.64. The highest BCUT2D eigenvalue weighted by molar-refractivity contribution is 5.08. The van der Waals surface area contributed by atoms with E-state index in [9.17, 15) is 4.79 Å². The summed E-state index contributed by atoms with van der Waals surface area (Å²) in [6, 6.07) is 7.48. The molecule has 0 spiro atoms. The highest BCUT2D eigenvalue weighted by Crippen LogP contribution is 2.09. The van der Waals surface area contributed by atoms with Crippen LogP contribution in [-0.4, -0.2) is 10.6 Å². The highest BCUT2D eigenvalue weighted by Gasteiger charge is 2.03. The van der Waals surface area contributed by atoms with Crippen molar-refractivity contribution in [3.05, 3.63) is 58.4 Å². The summed E-state index contributed by atoms with van der Waals surface area (Å²) in [5.74, 6) is 1.82. The van der Waals surface area contributed by atoms with E-state index in [0.717, 1.165) is 18.1 Å². The van der Waals surface area contributed by atoms with Crippen molar-refractivity contribution in [3.63, 3.8) is 0 Å². The Bertz CT molecular complexity index is 534. The van der Waals surface area contributed by atoms with E-state index in [2.05, 4.69) is 19.2 Å². The summed E-state index contributed by atoms with van der Waals surface area (Å²) in [6.45, 7) is 5.58. The standard InChI is InChI=1S/C14H18N2O2/c1-11(2)15-9-13-3-4-14(18-13)10-16-7-5-12(17)6-8-16/h3-8,11,15H,9-10H2,1-2H3. The summed E-state index contributed by atoms with van der Waals surface area (Å²) < 4.78 is 7.62. The maximum atomic E-state index is 11.0. The molecule has 0 saturated heterocycles. The van der Waals surface area contributed by atoms with Gasteiger partial charge in [0.15, 0.2) is 5.43 Å². The smallest absolute Gasteiger partial charge is 0.181 e. The molecular formula is C14H18N2O2. The predicted molar refractivity (Wildman–Crippen MR) is 70.5 cm³/mol. The van der Waals surface area contributed by atoms with Crippen molar-refractivity contribution in [2.24, 2.45) is 0 Å². The van der Waals surface area contributed by atoms with Crippen molar-refractivity contribution in [1.82, 2.24) is 9.88 Å². The van der Waals surface area contributed by atoms with Crippen LogP contribution >= 0.6 is 0 Å². The minimum absolute atomic E-state index is 0.0208. The number of hydrogen-bond donors (Lipinski definition) is 1. The van der Waals surface area contributed by atoms with Crippen molar-refractivity contribution in [1.29, 1.82) is 0 Å². The Morgan fingerprint density at radius 1 is 1.17 bits per heavy atom. The molecule has 1 N–H and O–H groups in total. The summed E-state index contributed by atoms with van der Waals surface area (Å²) in [4.78, 5) is 11.0. The van der Waals surface area contributed by atoms with Crippen LogP contribution in [0.25, 0.3) is 0 Å². The second-order valence-electron chi connectivity index (χ2n) is 4.61. The minimum Gasteiger partial charge on any atom is -0.463 e. The van der Waals surface area contributed by atoms with Crippen LogP contribution in [0.1, 0.15) is 25.4 Å². The Labute approximate surface area is 106 Å². The van der Waals surface area contributed by atoms with Gasteiger partial charge in [-0.05, 0) is 12.1 Å². The van der Waals surface area contributed by atoms with Gasteiger partial charge >= 0.3 is 0 Å². The topological polar surface area (TPSA) is 47.2 Å². The van der Waals surface area contributed by atoms with Crippen molar-refractivity contribution in [3.8, 4) is 0 Å². The first kappa shape index (κ1) is 12.6. The van der Waals surface area contributed by atoms with Crippen LogP contribution in [0.5, 0.6) is 0 Å². The summed E-state index contributed by atoms with van der Waals surface area (Å²) in [6.07, 6.45) is 3.52. The quantitative estimate of drug-likeness (QED) is 0.877. The first-order chi connectivity index (χ1) is 8.63. The molecule has 2 heterocycles. The molecule has 0 amide bonds. The number of pyridine rings is 1. The molecule has 2 aromatic heterocycles. The SMILES string of the molecule is CC(C)NCc1ccc(Cn2ccc(=O)cc2)o1. The van der Waals surface area contributed by atoms with Crippen LogP contribution in [-0.2, 0) is 13.1 Å². The Morgan fingerprint density at radius 3 is 2.50 bits per heavy atom. The zero-order chi connectivity index (χ0) is 13.0. The highest BCUT2D eigenvalue weighted by atomic mass is 16.3. The lowest BCUT2D eigenvalue weighted by Gasteiger charge is -2.05. The lowest BCUT2D eigenvalue weighted by atomic mass is 10.3. The molecule has 0 fully saturated rings. The monoisotopic (exact) mass is 246 g/mol. The zero-order valence-corrected chi connectivity index (χ0v) is 10.7. The number of aromatic nitrogens is 1. The second kappa shape index (κ2) is 5.69. The molecule has 2 aromatic rings. The molecule has 96 valence electrons. The molecule has 2 rings (SSSR count). The molecule has 18 heavy (non-hydrogen) atoms. The van der Waals surface area contributed by atoms with Gasteiger partial charge in [0.05, 0.1) is 13.1 Å². The zero-order valence-electron chi connectivity index (χ0n) is 10.7. The van der Waals surface area contributed by atoms with Gasteiger partial charge < -0.3 is 14.3 Å². The van der Waals surface area contributed by atoms with Crippen LogP contribution < -0.4 is 10.7 Å². The van der Waals surface area contributed by atoms with E-state index < -0.39 is 0 Å². The normalized spacial score (nSPS) is 11.1. The van der Waals surface area contributed by atoms with Gasteiger partial charge in [-0.2, -0.15) is 0 Å². The molecule has 4 heteroatoms. The van der Waals surface area contributed by atoms with E-state index in [-0.39, 0.29) is 5.43 Å². The van der Waals surface area contributed by atoms with Gasteiger partial charge in [0.1, 0.15) is 11.5 Å². The molecule has 4 nitrogen and oxygen atoms in total. The summed E-state index contributed by atoms with van der Waals surface area (Å²) >= 11 is 0. The van der Waals surface area contributed by atoms with E-state index in [1.807, 2.05) is 16.7 Å². The summed E-state index contributed by atoms with van der Waals surface area (Å²) in [5, 5.41) is 3.30. The van der Waals surface area contributed by atoms with Gasteiger partial charge in [-0.3, -0.25) is 4.79 Å². The van der Waals surface area contributed by atoms with Crippen LogP contribution in [0.15, 0.2) is 45.9 Å². The van der Waals surface area contributed by atoms with E-state index >= 15 is 0 Å². The Kier molecular flexibility index (Phi) is 3.99. The predicted octanol–water partition coefficient (Wildman–Crippen LogP) is 1.99. The molecule has 0 atom stereocenters. The van der Waals surface area contributed by atoms with Crippen molar-refractivity contribution < 1.29 is 4.42 Å².